The Morgan fingerprint density at radius 3 is 2.35 bits per heavy atom. The molecule has 0 radical (unpaired) electrons. The SMILES string of the molecule is CC(=O)OC1CCC2C(CCC3C2CCC2(C)C(C(C)CCC(C)C(C)C)CCC32)C1. The fourth-order valence-corrected chi connectivity index (χ4v) is 9.19. The average molecular weight is 431 g/mol. The maximum Gasteiger partial charge on any atom is 0.302 e. The predicted molar refractivity (Wildman–Crippen MR) is 129 cm³/mol. The van der Waals surface area contributed by atoms with Crippen molar-refractivity contribution in [1.29, 1.82) is 0 Å². The number of esters is 1. The summed E-state index contributed by atoms with van der Waals surface area (Å²) in [5.74, 6) is 8.10. The van der Waals surface area contributed by atoms with Gasteiger partial charge in [0.1, 0.15) is 6.10 Å². The van der Waals surface area contributed by atoms with Gasteiger partial charge in [0.15, 0.2) is 0 Å². The highest BCUT2D eigenvalue weighted by Gasteiger charge is 2.57. The summed E-state index contributed by atoms with van der Waals surface area (Å²) >= 11 is 0. The molecule has 4 aliphatic rings. The Balaban J connectivity index is 1.39. The van der Waals surface area contributed by atoms with Crippen molar-refractivity contribution in [2.45, 2.75) is 118 Å². The lowest BCUT2D eigenvalue weighted by atomic mass is 9.49. The molecule has 4 aliphatic carbocycles. The molecule has 31 heavy (non-hydrogen) atoms. The van der Waals surface area contributed by atoms with E-state index < -0.39 is 0 Å². The van der Waals surface area contributed by atoms with E-state index in [2.05, 4.69) is 34.6 Å². The van der Waals surface area contributed by atoms with E-state index >= 15 is 0 Å². The average Bonchev–Trinajstić information content (AvgIpc) is 3.08. The van der Waals surface area contributed by atoms with Crippen molar-refractivity contribution in [1.82, 2.24) is 0 Å². The molecule has 0 saturated heterocycles. The fraction of sp³-hybridized carbons (Fsp3) is 0.966. The van der Waals surface area contributed by atoms with Gasteiger partial charge in [-0.15, -0.1) is 0 Å². The minimum absolute atomic E-state index is 0.0838. The third-order valence-corrected chi connectivity index (χ3v) is 11.2. The molecule has 0 aliphatic heterocycles. The lowest BCUT2D eigenvalue weighted by Gasteiger charge is -2.56. The van der Waals surface area contributed by atoms with E-state index in [1.807, 2.05) is 0 Å². The van der Waals surface area contributed by atoms with Gasteiger partial charge in [-0.1, -0.05) is 47.5 Å². The highest BCUT2D eigenvalue weighted by molar-refractivity contribution is 5.66. The Bertz CT molecular complexity index is 626. The van der Waals surface area contributed by atoms with Gasteiger partial charge in [-0.3, -0.25) is 4.79 Å². The van der Waals surface area contributed by atoms with E-state index in [4.69, 9.17) is 4.74 Å². The van der Waals surface area contributed by atoms with Crippen molar-refractivity contribution in [3.05, 3.63) is 0 Å². The monoisotopic (exact) mass is 430 g/mol. The van der Waals surface area contributed by atoms with E-state index in [1.54, 1.807) is 6.92 Å². The zero-order chi connectivity index (χ0) is 22.3. The molecule has 0 heterocycles. The molecule has 2 heteroatoms. The van der Waals surface area contributed by atoms with Gasteiger partial charge < -0.3 is 4.74 Å². The van der Waals surface area contributed by atoms with E-state index in [0.29, 0.717) is 5.41 Å². The first-order valence-corrected chi connectivity index (χ1v) is 13.9. The molecule has 0 bridgehead atoms. The minimum Gasteiger partial charge on any atom is -0.463 e. The van der Waals surface area contributed by atoms with Crippen LogP contribution in [-0.2, 0) is 9.53 Å². The number of hydrogen-bond acceptors (Lipinski definition) is 2. The molecule has 4 fully saturated rings. The van der Waals surface area contributed by atoms with Crippen LogP contribution in [0, 0.1) is 58.7 Å². The summed E-state index contributed by atoms with van der Waals surface area (Å²) in [6.07, 6.45) is 15.4. The summed E-state index contributed by atoms with van der Waals surface area (Å²) in [6, 6.07) is 0. The number of carbonyl (C=O) groups is 1. The van der Waals surface area contributed by atoms with Crippen LogP contribution >= 0.6 is 0 Å². The van der Waals surface area contributed by atoms with Crippen molar-refractivity contribution in [2.24, 2.45) is 58.7 Å². The summed E-state index contributed by atoms with van der Waals surface area (Å²) in [4.78, 5) is 11.4. The lowest BCUT2D eigenvalue weighted by molar-refractivity contribution is -0.152. The van der Waals surface area contributed by atoms with Crippen LogP contribution in [0.15, 0.2) is 0 Å². The molecule has 10 atom stereocenters. The third-order valence-electron chi connectivity index (χ3n) is 11.2. The van der Waals surface area contributed by atoms with E-state index in [1.165, 1.54) is 57.8 Å². The molecule has 0 amide bonds. The number of hydrogen-bond donors (Lipinski definition) is 0. The van der Waals surface area contributed by atoms with Gasteiger partial charge in [0.05, 0.1) is 0 Å². The Labute approximate surface area is 192 Å². The topological polar surface area (TPSA) is 26.3 Å². The molecule has 0 N–H and O–H groups in total. The van der Waals surface area contributed by atoms with Crippen molar-refractivity contribution in [2.75, 3.05) is 0 Å². The van der Waals surface area contributed by atoms with Crippen molar-refractivity contribution in [3.8, 4) is 0 Å². The Kier molecular flexibility index (Phi) is 7.15. The summed E-state index contributed by atoms with van der Waals surface area (Å²) in [6.45, 7) is 14.1. The molecule has 0 aromatic rings. The summed E-state index contributed by atoms with van der Waals surface area (Å²) in [5, 5.41) is 0. The first-order chi connectivity index (χ1) is 14.7. The second-order valence-corrected chi connectivity index (χ2v) is 13.0. The van der Waals surface area contributed by atoms with Gasteiger partial charge in [-0.2, -0.15) is 0 Å². The molecular formula is C29H50O2. The largest absolute Gasteiger partial charge is 0.463 e. The number of carbonyl (C=O) groups excluding carboxylic acids is 1. The molecule has 10 unspecified atom stereocenters. The van der Waals surface area contributed by atoms with Crippen LogP contribution in [0.1, 0.15) is 112 Å². The second-order valence-electron chi connectivity index (χ2n) is 13.0. The van der Waals surface area contributed by atoms with Crippen LogP contribution in [-0.4, -0.2) is 12.1 Å². The Morgan fingerprint density at radius 1 is 0.903 bits per heavy atom. The van der Waals surface area contributed by atoms with Crippen LogP contribution in [0.2, 0.25) is 0 Å². The van der Waals surface area contributed by atoms with Gasteiger partial charge in [0, 0.05) is 6.92 Å². The maximum absolute atomic E-state index is 11.4. The molecule has 0 aromatic carbocycles. The summed E-state index contributed by atoms with van der Waals surface area (Å²) < 4.78 is 5.62. The predicted octanol–water partition coefficient (Wildman–Crippen LogP) is 7.90. The summed E-state index contributed by atoms with van der Waals surface area (Å²) in [7, 11) is 0. The van der Waals surface area contributed by atoms with Gasteiger partial charge in [0.2, 0.25) is 0 Å². The third kappa shape index (κ3) is 4.61. The quantitative estimate of drug-likeness (QED) is 0.400. The van der Waals surface area contributed by atoms with Crippen LogP contribution in [0.5, 0.6) is 0 Å². The fourth-order valence-electron chi connectivity index (χ4n) is 9.19. The van der Waals surface area contributed by atoms with E-state index in [0.717, 1.165) is 66.1 Å². The zero-order valence-electron chi connectivity index (χ0n) is 21.4. The molecule has 4 rings (SSSR count). The van der Waals surface area contributed by atoms with Gasteiger partial charge >= 0.3 is 5.97 Å². The zero-order valence-corrected chi connectivity index (χ0v) is 21.4. The van der Waals surface area contributed by atoms with Crippen LogP contribution in [0.25, 0.3) is 0 Å². The van der Waals surface area contributed by atoms with Gasteiger partial charge in [-0.05, 0) is 116 Å². The molecule has 4 saturated carbocycles. The number of rotatable bonds is 6. The van der Waals surface area contributed by atoms with E-state index in [9.17, 15) is 4.79 Å². The molecular weight excluding hydrogens is 380 g/mol. The van der Waals surface area contributed by atoms with Crippen LogP contribution < -0.4 is 0 Å². The number of fused-ring (bicyclic) bond motifs is 5. The van der Waals surface area contributed by atoms with Crippen LogP contribution in [0.3, 0.4) is 0 Å². The van der Waals surface area contributed by atoms with Crippen LogP contribution in [0.4, 0.5) is 0 Å². The normalized spacial score (nSPS) is 44.2. The molecule has 2 nitrogen and oxygen atoms in total. The highest BCUT2D eigenvalue weighted by atomic mass is 16.5. The first-order valence-electron chi connectivity index (χ1n) is 13.9. The standard InChI is InChI=1S/C29H50O2/c1-18(2)19(3)7-8-20(4)27-13-14-28-26-11-9-22-17-23(31-21(5)30)10-12-24(22)25(26)15-16-29(27,28)6/h18-20,22-28H,7-17H2,1-6H3. The van der Waals surface area contributed by atoms with Gasteiger partial charge in [-0.25, -0.2) is 0 Å². The van der Waals surface area contributed by atoms with E-state index in [-0.39, 0.29) is 12.1 Å². The minimum atomic E-state index is -0.0838. The smallest absolute Gasteiger partial charge is 0.302 e. The van der Waals surface area contributed by atoms with Crippen molar-refractivity contribution >= 4 is 5.97 Å². The maximum atomic E-state index is 11.4. The number of ether oxygens (including phenoxy) is 1. The molecule has 0 aromatic heterocycles. The van der Waals surface area contributed by atoms with Gasteiger partial charge in [0.25, 0.3) is 0 Å². The highest BCUT2D eigenvalue weighted by Crippen LogP contribution is 2.65. The second kappa shape index (κ2) is 9.38. The van der Waals surface area contributed by atoms with Crippen molar-refractivity contribution < 1.29 is 9.53 Å². The molecule has 0 spiro atoms. The lowest BCUT2D eigenvalue weighted by Crippen LogP contribution is -2.49. The van der Waals surface area contributed by atoms with Crippen molar-refractivity contribution in [3.63, 3.8) is 0 Å². The first kappa shape index (κ1) is 23.6. The Morgan fingerprint density at radius 2 is 1.65 bits per heavy atom. The Hall–Kier alpha value is -0.530. The summed E-state index contributed by atoms with van der Waals surface area (Å²) in [5.41, 5.74) is 0.601. The molecule has 178 valence electrons.